The lowest BCUT2D eigenvalue weighted by Crippen LogP contribution is -2.04. The minimum Gasteiger partial charge on any atom is -0.497 e. The Kier molecular flexibility index (Phi) is 8.38. The first-order chi connectivity index (χ1) is 13.0. The standard InChI is InChI=1S/C19H16FN3O.CH2O2.CH4/c1-13-9-19(15-5-6-16(11-21)18(20)10-15)23(22-13)12-14-3-7-17(24-2)8-4-14;2-1-3;/h3-10H,12H2,1-2H3;1H,(H,2,3);1H4. The topological polar surface area (TPSA) is 88.1 Å². The summed E-state index contributed by atoms with van der Waals surface area (Å²) in [6, 6.07) is 16.1. The lowest BCUT2D eigenvalue weighted by molar-refractivity contribution is -0.122. The molecule has 7 heteroatoms. The van der Waals surface area contributed by atoms with Crippen LogP contribution in [0.2, 0.25) is 0 Å². The van der Waals surface area contributed by atoms with E-state index in [1.165, 1.54) is 12.1 Å². The van der Waals surface area contributed by atoms with Crippen LogP contribution in [0.25, 0.3) is 11.3 Å². The third-order valence-corrected chi connectivity index (χ3v) is 3.78. The maximum absolute atomic E-state index is 13.9. The number of hydrogen-bond donors (Lipinski definition) is 1. The van der Waals surface area contributed by atoms with Gasteiger partial charge in [-0.1, -0.05) is 25.6 Å². The van der Waals surface area contributed by atoms with Crippen LogP contribution in [0.3, 0.4) is 0 Å². The van der Waals surface area contributed by atoms with Crippen molar-refractivity contribution >= 4 is 6.47 Å². The Morgan fingerprint density at radius 1 is 1.25 bits per heavy atom. The van der Waals surface area contributed by atoms with Crippen LogP contribution in [-0.2, 0) is 11.3 Å². The average Bonchev–Trinajstić information content (AvgIpc) is 3.03. The summed E-state index contributed by atoms with van der Waals surface area (Å²) in [7, 11) is 1.63. The smallest absolute Gasteiger partial charge is 0.290 e. The molecule has 0 atom stereocenters. The van der Waals surface area contributed by atoms with Crippen molar-refractivity contribution in [2.75, 3.05) is 7.11 Å². The zero-order valence-electron chi connectivity index (χ0n) is 14.9. The van der Waals surface area contributed by atoms with E-state index in [1.807, 2.05) is 48.0 Å². The van der Waals surface area contributed by atoms with Gasteiger partial charge in [0, 0.05) is 5.56 Å². The SMILES string of the molecule is C.COc1ccc(Cn2nc(C)cc2-c2ccc(C#N)c(F)c2)cc1.O=CO. The van der Waals surface area contributed by atoms with Crippen molar-refractivity contribution in [2.45, 2.75) is 20.9 Å². The van der Waals surface area contributed by atoms with Gasteiger partial charge < -0.3 is 9.84 Å². The normalized spacial score (nSPS) is 9.36. The first kappa shape index (κ1) is 22.4. The molecule has 0 fully saturated rings. The van der Waals surface area contributed by atoms with Crippen LogP contribution in [0.15, 0.2) is 48.5 Å². The highest BCUT2D eigenvalue weighted by molar-refractivity contribution is 5.61. The van der Waals surface area contributed by atoms with Gasteiger partial charge in [0.15, 0.2) is 0 Å². The van der Waals surface area contributed by atoms with Gasteiger partial charge >= 0.3 is 0 Å². The molecule has 6 nitrogen and oxygen atoms in total. The van der Waals surface area contributed by atoms with E-state index in [9.17, 15) is 4.39 Å². The van der Waals surface area contributed by atoms with Crippen LogP contribution in [0.4, 0.5) is 4.39 Å². The van der Waals surface area contributed by atoms with Crippen molar-refractivity contribution in [3.63, 3.8) is 0 Å². The summed E-state index contributed by atoms with van der Waals surface area (Å²) in [5.41, 5.74) is 3.46. The van der Waals surface area contributed by atoms with Gasteiger partial charge in [-0.15, -0.1) is 0 Å². The number of rotatable bonds is 4. The predicted molar refractivity (Wildman–Crippen MR) is 105 cm³/mol. The second-order valence-corrected chi connectivity index (χ2v) is 5.59. The molecule has 0 aliphatic rings. The van der Waals surface area contributed by atoms with E-state index < -0.39 is 5.82 Å². The van der Waals surface area contributed by atoms with Crippen molar-refractivity contribution in [3.05, 3.63) is 71.2 Å². The fourth-order valence-electron chi connectivity index (χ4n) is 2.57. The van der Waals surface area contributed by atoms with E-state index in [1.54, 1.807) is 13.2 Å². The molecular formula is C21H22FN3O3. The number of hydrogen-bond acceptors (Lipinski definition) is 4. The summed E-state index contributed by atoms with van der Waals surface area (Å²) in [4.78, 5) is 8.36. The van der Waals surface area contributed by atoms with E-state index >= 15 is 0 Å². The molecule has 146 valence electrons. The number of aryl methyl sites for hydroxylation is 1. The second kappa shape index (κ2) is 10.5. The number of carboxylic acid groups (broad SMARTS) is 1. The van der Waals surface area contributed by atoms with E-state index in [4.69, 9.17) is 19.9 Å². The molecular weight excluding hydrogens is 361 g/mol. The summed E-state index contributed by atoms with van der Waals surface area (Å²) in [6.07, 6.45) is 0. The number of nitrogens with zero attached hydrogens (tertiary/aromatic N) is 3. The molecule has 0 amide bonds. The fraction of sp³-hybridized carbons (Fsp3) is 0.190. The second-order valence-electron chi connectivity index (χ2n) is 5.59. The molecule has 0 unspecified atom stereocenters. The van der Waals surface area contributed by atoms with Crippen molar-refractivity contribution in [3.8, 4) is 23.1 Å². The number of ether oxygens (including phenoxy) is 1. The van der Waals surface area contributed by atoms with Crippen LogP contribution < -0.4 is 4.74 Å². The molecule has 1 heterocycles. The van der Waals surface area contributed by atoms with E-state index in [0.717, 1.165) is 22.7 Å². The Balaban J connectivity index is 0.000000921. The molecule has 2 aromatic carbocycles. The average molecular weight is 383 g/mol. The summed E-state index contributed by atoms with van der Waals surface area (Å²) in [5.74, 6) is 0.273. The van der Waals surface area contributed by atoms with Gasteiger partial charge in [-0.3, -0.25) is 9.48 Å². The molecule has 28 heavy (non-hydrogen) atoms. The number of carbonyl (C=O) groups is 1. The minimum atomic E-state index is -0.523. The van der Waals surface area contributed by atoms with Gasteiger partial charge in [0.05, 0.1) is 30.6 Å². The zero-order valence-corrected chi connectivity index (χ0v) is 14.9. The van der Waals surface area contributed by atoms with Crippen LogP contribution in [-0.4, -0.2) is 28.5 Å². The number of methoxy groups -OCH3 is 1. The molecule has 1 N–H and O–H groups in total. The molecule has 1 aromatic heterocycles. The largest absolute Gasteiger partial charge is 0.497 e. The van der Waals surface area contributed by atoms with E-state index in [2.05, 4.69) is 5.10 Å². The molecule has 0 saturated carbocycles. The van der Waals surface area contributed by atoms with Gasteiger partial charge in [-0.25, -0.2) is 4.39 Å². The molecule has 0 aliphatic heterocycles. The van der Waals surface area contributed by atoms with Crippen LogP contribution in [0.5, 0.6) is 5.75 Å². The maximum atomic E-state index is 13.9. The number of aromatic nitrogens is 2. The fourth-order valence-corrected chi connectivity index (χ4v) is 2.57. The molecule has 0 saturated heterocycles. The summed E-state index contributed by atoms with van der Waals surface area (Å²) in [6.45, 7) is 2.21. The van der Waals surface area contributed by atoms with Crippen LogP contribution >= 0.6 is 0 Å². The van der Waals surface area contributed by atoms with E-state index in [-0.39, 0.29) is 19.5 Å². The van der Waals surface area contributed by atoms with Crippen molar-refractivity contribution in [1.29, 1.82) is 5.26 Å². The first-order valence-corrected chi connectivity index (χ1v) is 7.97. The molecule has 3 rings (SSSR count). The third kappa shape index (κ3) is 5.42. The monoisotopic (exact) mass is 383 g/mol. The predicted octanol–water partition coefficient (Wildman–Crippen LogP) is 4.26. The maximum Gasteiger partial charge on any atom is 0.290 e. The number of halogens is 1. The summed E-state index contributed by atoms with van der Waals surface area (Å²) < 4.78 is 20.9. The highest BCUT2D eigenvalue weighted by atomic mass is 19.1. The highest BCUT2D eigenvalue weighted by Crippen LogP contribution is 2.24. The van der Waals surface area contributed by atoms with Crippen molar-refractivity contribution in [1.82, 2.24) is 9.78 Å². The van der Waals surface area contributed by atoms with Gasteiger partial charge in [-0.05, 0) is 42.8 Å². The molecule has 3 aromatic rings. The number of nitriles is 1. The van der Waals surface area contributed by atoms with Gasteiger partial charge in [0.25, 0.3) is 6.47 Å². The van der Waals surface area contributed by atoms with Crippen molar-refractivity contribution < 1.29 is 19.0 Å². The van der Waals surface area contributed by atoms with Crippen LogP contribution in [0, 0.1) is 24.1 Å². The van der Waals surface area contributed by atoms with Gasteiger partial charge in [0.2, 0.25) is 0 Å². The summed E-state index contributed by atoms with van der Waals surface area (Å²) in [5, 5.41) is 20.2. The lowest BCUT2D eigenvalue weighted by Gasteiger charge is -2.09. The zero-order chi connectivity index (χ0) is 19.8. The van der Waals surface area contributed by atoms with E-state index in [0.29, 0.717) is 12.1 Å². The Morgan fingerprint density at radius 3 is 2.43 bits per heavy atom. The first-order valence-electron chi connectivity index (χ1n) is 7.97. The van der Waals surface area contributed by atoms with Gasteiger partial charge in [0.1, 0.15) is 17.6 Å². The molecule has 0 radical (unpaired) electrons. The number of benzene rings is 2. The third-order valence-electron chi connectivity index (χ3n) is 3.78. The molecule has 0 bridgehead atoms. The Hall–Kier alpha value is -3.66. The van der Waals surface area contributed by atoms with Crippen LogP contribution in [0.1, 0.15) is 24.2 Å². The Bertz CT molecular complexity index is 960. The quantitative estimate of drug-likeness (QED) is 0.680. The minimum absolute atomic E-state index is 0. The van der Waals surface area contributed by atoms with Gasteiger partial charge in [-0.2, -0.15) is 10.4 Å². The highest BCUT2D eigenvalue weighted by Gasteiger charge is 2.11. The van der Waals surface area contributed by atoms with Crippen molar-refractivity contribution in [2.24, 2.45) is 0 Å². The Morgan fingerprint density at radius 2 is 1.89 bits per heavy atom. The Labute approximate surface area is 163 Å². The lowest BCUT2D eigenvalue weighted by atomic mass is 10.1. The molecule has 0 spiro atoms. The molecule has 0 aliphatic carbocycles. The summed E-state index contributed by atoms with van der Waals surface area (Å²) >= 11 is 0.